The van der Waals surface area contributed by atoms with Gasteiger partial charge in [-0.2, -0.15) is 0 Å². The first kappa shape index (κ1) is 17.6. The van der Waals surface area contributed by atoms with E-state index in [1.165, 1.54) is 24.5 Å². The summed E-state index contributed by atoms with van der Waals surface area (Å²) in [6.45, 7) is 0.344. The molecule has 2 aromatic rings. The minimum Gasteiger partial charge on any atom is -0.350 e. The smallest absolute Gasteiger partial charge is 0.251 e. The molecular formula is C17H16Cl2N4O2. The SMILES string of the molecule is O=C(NCC1(NC(=O)c2ccnc(Cl)c2)CCC1)c1ccnc(Cl)c1. The molecule has 3 rings (SSSR count). The van der Waals surface area contributed by atoms with E-state index in [-0.39, 0.29) is 22.1 Å². The Kier molecular flexibility index (Phi) is 5.20. The molecule has 1 saturated carbocycles. The lowest BCUT2D eigenvalue weighted by atomic mass is 9.76. The molecule has 0 radical (unpaired) electrons. The maximum atomic E-state index is 12.4. The molecule has 130 valence electrons. The van der Waals surface area contributed by atoms with Crippen molar-refractivity contribution >= 4 is 35.0 Å². The van der Waals surface area contributed by atoms with Gasteiger partial charge in [0.1, 0.15) is 10.3 Å². The lowest BCUT2D eigenvalue weighted by Gasteiger charge is -2.42. The first-order valence-electron chi connectivity index (χ1n) is 7.81. The molecule has 6 nitrogen and oxygen atoms in total. The monoisotopic (exact) mass is 378 g/mol. The highest BCUT2D eigenvalue weighted by Crippen LogP contribution is 2.31. The zero-order valence-corrected chi connectivity index (χ0v) is 14.8. The van der Waals surface area contributed by atoms with Gasteiger partial charge >= 0.3 is 0 Å². The molecule has 1 aliphatic carbocycles. The van der Waals surface area contributed by atoms with Gasteiger partial charge in [0.15, 0.2) is 0 Å². The number of carbonyl (C=O) groups is 2. The lowest BCUT2D eigenvalue weighted by molar-refractivity contribution is 0.0788. The number of halogens is 2. The van der Waals surface area contributed by atoms with Gasteiger partial charge in [0.05, 0.1) is 5.54 Å². The summed E-state index contributed by atoms with van der Waals surface area (Å²) in [5.41, 5.74) is 0.430. The van der Waals surface area contributed by atoms with Gasteiger partial charge < -0.3 is 10.6 Å². The molecule has 0 atom stereocenters. The van der Waals surface area contributed by atoms with Gasteiger partial charge in [0.2, 0.25) is 0 Å². The summed E-state index contributed by atoms with van der Waals surface area (Å²) in [7, 11) is 0. The minimum absolute atomic E-state index is 0.231. The normalized spacial score (nSPS) is 15.1. The Morgan fingerprint density at radius 1 is 1.00 bits per heavy atom. The van der Waals surface area contributed by atoms with Crippen LogP contribution in [-0.2, 0) is 0 Å². The van der Waals surface area contributed by atoms with Gasteiger partial charge in [-0.15, -0.1) is 0 Å². The quantitative estimate of drug-likeness (QED) is 0.783. The fourth-order valence-electron chi connectivity index (χ4n) is 2.70. The fourth-order valence-corrected chi connectivity index (χ4v) is 3.05. The van der Waals surface area contributed by atoms with Crippen LogP contribution in [0.5, 0.6) is 0 Å². The maximum absolute atomic E-state index is 12.4. The van der Waals surface area contributed by atoms with Gasteiger partial charge in [-0.25, -0.2) is 9.97 Å². The molecule has 0 unspecified atom stereocenters. The number of aromatic nitrogens is 2. The molecule has 2 amide bonds. The van der Waals surface area contributed by atoms with Gasteiger partial charge in [0.25, 0.3) is 11.8 Å². The van der Waals surface area contributed by atoms with E-state index in [0.29, 0.717) is 17.7 Å². The Morgan fingerprint density at radius 2 is 1.56 bits per heavy atom. The van der Waals surface area contributed by atoms with Crippen LogP contribution in [0.25, 0.3) is 0 Å². The van der Waals surface area contributed by atoms with Crippen molar-refractivity contribution < 1.29 is 9.59 Å². The molecule has 2 N–H and O–H groups in total. The largest absolute Gasteiger partial charge is 0.350 e. The van der Waals surface area contributed by atoms with Gasteiger partial charge in [0, 0.05) is 30.1 Å². The lowest BCUT2D eigenvalue weighted by Crippen LogP contribution is -2.59. The number of rotatable bonds is 5. The molecule has 2 aromatic heterocycles. The molecule has 1 fully saturated rings. The van der Waals surface area contributed by atoms with E-state index in [2.05, 4.69) is 20.6 Å². The number of hydrogen-bond acceptors (Lipinski definition) is 4. The van der Waals surface area contributed by atoms with Crippen LogP contribution in [0, 0.1) is 0 Å². The van der Waals surface area contributed by atoms with Crippen molar-refractivity contribution in [1.29, 1.82) is 0 Å². The number of carbonyl (C=O) groups excluding carboxylic acids is 2. The van der Waals surface area contributed by atoms with Crippen molar-refractivity contribution in [2.45, 2.75) is 24.8 Å². The third kappa shape index (κ3) is 4.27. The molecule has 0 bridgehead atoms. The molecule has 2 heterocycles. The summed E-state index contributed by atoms with van der Waals surface area (Å²) in [5.74, 6) is -0.484. The summed E-state index contributed by atoms with van der Waals surface area (Å²) >= 11 is 11.6. The topological polar surface area (TPSA) is 84.0 Å². The molecule has 0 aromatic carbocycles. The van der Waals surface area contributed by atoms with Crippen LogP contribution in [0.1, 0.15) is 40.0 Å². The Morgan fingerprint density at radius 3 is 2.04 bits per heavy atom. The maximum Gasteiger partial charge on any atom is 0.251 e. The second kappa shape index (κ2) is 7.37. The summed E-state index contributed by atoms with van der Waals surface area (Å²) in [4.78, 5) is 32.4. The van der Waals surface area contributed by atoms with Crippen molar-refractivity contribution in [2.24, 2.45) is 0 Å². The average molecular weight is 379 g/mol. The molecule has 25 heavy (non-hydrogen) atoms. The Balaban J connectivity index is 1.63. The zero-order chi connectivity index (χ0) is 17.9. The average Bonchev–Trinajstić information content (AvgIpc) is 2.56. The number of amides is 2. The fraction of sp³-hybridized carbons (Fsp3) is 0.294. The second-order valence-electron chi connectivity index (χ2n) is 6.01. The van der Waals surface area contributed by atoms with Crippen LogP contribution in [0.3, 0.4) is 0 Å². The summed E-state index contributed by atoms with van der Waals surface area (Å²) in [6, 6.07) is 6.21. The highest BCUT2D eigenvalue weighted by atomic mass is 35.5. The molecule has 1 aliphatic rings. The highest BCUT2D eigenvalue weighted by molar-refractivity contribution is 6.30. The van der Waals surface area contributed by atoms with E-state index >= 15 is 0 Å². The number of pyridine rings is 2. The van der Waals surface area contributed by atoms with Gasteiger partial charge in [-0.3, -0.25) is 9.59 Å². The van der Waals surface area contributed by atoms with Crippen molar-refractivity contribution in [3.05, 3.63) is 58.1 Å². The van der Waals surface area contributed by atoms with Crippen LogP contribution in [-0.4, -0.2) is 33.9 Å². The van der Waals surface area contributed by atoms with Crippen LogP contribution in [0.15, 0.2) is 36.7 Å². The molecule has 0 spiro atoms. The first-order valence-corrected chi connectivity index (χ1v) is 8.57. The van der Waals surface area contributed by atoms with Crippen LogP contribution >= 0.6 is 23.2 Å². The van der Waals surface area contributed by atoms with Crippen LogP contribution < -0.4 is 10.6 Å². The third-order valence-electron chi connectivity index (χ3n) is 4.25. The van der Waals surface area contributed by atoms with Gasteiger partial charge in [-0.05, 0) is 43.5 Å². The highest BCUT2D eigenvalue weighted by Gasteiger charge is 2.38. The zero-order valence-electron chi connectivity index (χ0n) is 13.3. The number of hydrogen-bond donors (Lipinski definition) is 2. The molecule has 8 heteroatoms. The van der Waals surface area contributed by atoms with E-state index in [0.717, 1.165) is 19.3 Å². The van der Waals surface area contributed by atoms with E-state index < -0.39 is 5.54 Å². The van der Waals surface area contributed by atoms with E-state index in [1.54, 1.807) is 12.1 Å². The van der Waals surface area contributed by atoms with Crippen molar-refractivity contribution in [2.75, 3.05) is 6.54 Å². The minimum atomic E-state index is -0.445. The second-order valence-corrected chi connectivity index (χ2v) is 6.78. The van der Waals surface area contributed by atoms with Crippen LogP contribution in [0.2, 0.25) is 10.3 Å². The first-order chi connectivity index (χ1) is 12.0. The number of nitrogens with one attached hydrogen (secondary N) is 2. The van der Waals surface area contributed by atoms with E-state index in [9.17, 15) is 9.59 Å². The third-order valence-corrected chi connectivity index (χ3v) is 4.67. The Labute approximate surface area is 155 Å². The van der Waals surface area contributed by atoms with Crippen molar-refractivity contribution in [3.8, 4) is 0 Å². The standard InChI is InChI=1S/C17H16Cl2N4O2/c18-13-8-11(2-6-20-13)15(24)22-10-17(4-1-5-17)23-16(25)12-3-7-21-14(19)9-12/h2-3,6-9H,1,4-5,10H2,(H,22,24)(H,23,25). The van der Waals surface area contributed by atoms with Gasteiger partial charge in [-0.1, -0.05) is 23.2 Å². The van der Waals surface area contributed by atoms with E-state index in [1.807, 2.05) is 0 Å². The molecule has 0 aliphatic heterocycles. The van der Waals surface area contributed by atoms with Crippen molar-refractivity contribution in [1.82, 2.24) is 20.6 Å². The van der Waals surface area contributed by atoms with Crippen molar-refractivity contribution in [3.63, 3.8) is 0 Å². The predicted octanol–water partition coefficient (Wildman–Crippen LogP) is 2.87. The Bertz CT molecular complexity index is 809. The number of nitrogens with zero attached hydrogens (tertiary/aromatic N) is 2. The van der Waals surface area contributed by atoms with E-state index in [4.69, 9.17) is 23.2 Å². The summed E-state index contributed by atoms with van der Waals surface area (Å²) in [5, 5.41) is 6.39. The summed E-state index contributed by atoms with van der Waals surface area (Å²) < 4.78 is 0. The molecular weight excluding hydrogens is 363 g/mol. The summed E-state index contributed by atoms with van der Waals surface area (Å²) in [6.07, 6.45) is 5.56. The Hall–Kier alpha value is -2.18. The predicted molar refractivity (Wildman–Crippen MR) is 94.9 cm³/mol. The molecule has 0 saturated heterocycles. The van der Waals surface area contributed by atoms with Crippen LogP contribution in [0.4, 0.5) is 0 Å².